The molecule has 5 nitrogen and oxygen atoms in total. The van der Waals surface area contributed by atoms with E-state index >= 15 is 0 Å². The van der Waals surface area contributed by atoms with Gasteiger partial charge in [0.25, 0.3) is 0 Å². The molecule has 0 spiro atoms. The van der Waals surface area contributed by atoms with Gasteiger partial charge < -0.3 is 16.4 Å². The van der Waals surface area contributed by atoms with Crippen LogP contribution in [0.5, 0.6) is 0 Å². The molecule has 4 N–H and O–H groups in total. The summed E-state index contributed by atoms with van der Waals surface area (Å²) in [6, 6.07) is 0.0215. The summed E-state index contributed by atoms with van der Waals surface area (Å²) in [7, 11) is 0. The molecule has 0 heterocycles. The highest BCUT2D eigenvalue weighted by atomic mass is 16.2. The Morgan fingerprint density at radius 3 is 2.56 bits per heavy atom. The molecule has 0 aliphatic heterocycles. The molecule has 2 rings (SSSR count). The van der Waals surface area contributed by atoms with Crippen molar-refractivity contribution in [1.82, 2.24) is 10.6 Å². The van der Waals surface area contributed by atoms with Crippen molar-refractivity contribution in [3.63, 3.8) is 0 Å². The monoisotopic (exact) mass is 253 g/mol. The Kier molecular flexibility index (Phi) is 4.22. The van der Waals surface area contributed by atoms with Gasteiger partial charge in [0.1, 0.15) is 0 Å². The van der Waals surface area contributed by atoms with Crippen LogP contribution >= 0.6 is 0 Å². The number of amides is 2. The van der Waals surface area contributed by atoms with E-state index in [1.54, 1.807) is 0 Å². The van der Waals surface area contributed by atoms with E-state index in [9.17, 15) is 9.59 Å². The van der Waals surface area contributed by atoms with Gasteiger partial charge >= 0.3 is 0 Å². The van der Waals surface area contributed by atoms with Crippen molar-refractivity contribution in [2.45, 2.75) is 38.6 Å². The van der Waals surface area contributed by atoms with Crippen LogP contribution in [-0.2, 0) is 9.59 Å². The highest BCUT2D eigenvalue weighted by Gasteiger charge is 2.48. The number of nitrogens with one attached hydrogen (secondary N) is 2. The van der Waals surface area contributed by atoms with Gasteiger partial charge in [-0.25, -0.2) is 0 Å². The third kappa shape index (κ3) is 2.66. The van der Waals surface area contributed by atoms with E-state index in [1.807, 2.05) is 6.92 Å². The third-order valence-electron chi connectivity index (χ3n) is 4.31. The molecule has 0 aromatic rings. The van der Waals surface area contributed by atoms with Gasteiger partial charge in [-0.2, -0.15) is 0 Å². The fourth-order valence-electron chi connectivity index (χ4n) is 3.43. The Hall–Kier alpha value is -1.10. The van der Waals surface area contributed by atoms with Crippen molar-refractivity contribution in [2.24, 2.45) is 23.5 Å². The second-order valence-corrected chi connectivity index (χ2v) is 5.43. The van der Waals surface area contributed by atoms with Crippen molar-refractivity contribution in [3.05, 3.63) is 0 Å². The summed E-state index contributed by atoms with van der Waals surface area (Å²) in [5.41, 5.74) is 6.10. The van der Waals surface area contributed by atoms with Crippen LogP contribution < -0.4 is 16.4 Å². The largest absolute Gasteiger partial charge is 0.356 e. The van der Waals surface area contributed by atoms with Gasteiger partial charge in [-0.15, -0.1) is 0 Å². The third-order valence-corrected chi connectivity index (χ3v) is 4.31. The molecule has 2 aliphatic rings. The predicted molar refractivity (Wildman–Crippen MR) is 68.6 cm³/mol. The van der Waals surface area contributed by atoms with Gasteiger partial charge in [0.2, 0.25) is 11.8 Å². The van der Waals surface area contributed by atoms with Crippen LogP contribution in [0.3, 0.4) is 0 Å². The van der Waals surface area contributed by atoms with E-state index < -0.39 is 0 Å². The zero-order chi connectivity index (χ0) is 13.1. The maximum atomic E-state index is 12.1. The Labute approximate surface area is 108 Å². The van der Waals surface area contributed by atoms with E-state index in [0.717, 1.165) is 12.8 Å². The summed E-state index contributed by atoms with van der Waals surface area (Å²) in [5.74, 6) is 0.996. The second kappa shape index (κ2) is 5.69. The first-order valence-corrected chi connectivity index (χ1v) is 6.93. The second-order valence-electron chi connectivity index (χ2n) is 5.43. The van der Waals surface area contributed by atoms with Gasteiger partial charge in [0.15, 0.2) is 0 Å². The fourth-order valence-corrected chi connectivity index (χ4v) is 3.43. The van der Waals surface area contributed by atoms with Gasteiger partial charge in [-0.1, -0.05) is 0 Å². The molecule has 2 bridgehead atoms. The van der Waals surface area contributed by atoms with Crippen molar-refractivity contribution in [3.8, 4) is 0 Å². The molecule has 4 unspecified atom stereocenters. The molecule has 2 amide bonds. The predicted octanol–water partition coefficient (Wildman–Crippen LogP) is 0.00220. The van der Waals surface area contributed by atoms with E-state index in [1.165, 1.54) is 6.42 Å². The molecule has 0 aromatic heterocycles. The summed E-state index contributed by atoms with van der Waals surface area (Å²) in [6.07, 6.45) is 3.76. The lowest BCUT2D eigenvalue weighted by atomic mass is 9.84. The lowest BCUT2D eigenvalue weighted by molar-refractivity contribution is -0.127. The van der Waals surface area contributed by atoms with E-state index in [-0.39, 0.29) is 23.8 Å². The van der Waals surface area contributed by atoms with Crippen molar-refractivity contribution in [1.29, 1.82) is 0 Å². The van der Waals surface area contributed by atoms with Gasteiger partial charge in [0, 0.05) is 25.6 Å². The van der Waals surface area contributed by atoms with Crippen LogP contribution in [-0.4, -0.2) is 30.9 Å². The first-order chi connectivity index (χ1) is 8.63. The minimum absolute atomic E-state index is 0.0185. The Morgan fingerprint density at radius 1 is 1.22 bits per heavy atom. The number of hydrogen-bond acceptors (Lipinski definition) is 3. The van der Waals surface area contributed by atoms with E-state index in [0.29, 0.717) is 31.3 Å². The molecule has 2 fully saturated rings. The minimum atomic E-state index is -0.0296. The average Bonchev–Trinajstić information content (AvgIpc) is 2.89. The molecule has 0 radical (unpaired) electrons. The zero-order valence-corrected chi connectivity index (χ0v) is 10.9. The Balaban J connectivity index is 1.74. The number of hydrogen-bond donors (Lipinski definition) is 3. The normalized spacial score (nSPS) is 33.4. The van der Waals surface area contributed by atoms with Crippen LogP contribution in [0, 0.1) is 17.8 Å². The number of nitrogens with two attached hydrogens (primary N) is 1. The van der Waals surface area contributed by atoms with Gasteiger partial charge in [-0.05, 0) is 38.0 Å². The molecular formula is C13H23N3O2. The lowest BCUT2D eigenvalue weighted by Crippen LogP contribution is -2.45. The summed E-state index contributed by atoms with van der Waals surface area (Å²) in [4.78, 5) is 23.3. The number of carbonyl (C=O) groups is 2. The number of carbonyl (C=O) groups excluding carboxylic acids is 2. The summed E-state index contributed by atoms with van der Waals surface area (Å²) >= 11 is 0. The first kappa shape index (κ1) is 13.3. The first-order valence-electron chi connectivity index (χ1n) is 6.93. The highest BCUT2D eigenvalue weighted by molar-refractivity contribution is 5.81. The average molecular weight is 253 g/mol. The van der Waals surface area contributed by atoms with Crippen LogP contribution in [0.2, 0.25) is 0 Å². The summed E-state index contributed by atoms with van der Waals surface area (Å²) < 4.78 is 0. The molecular weight excluding hydrogens is 230 g/mol. The molecule has 102 valence electrons. The lowest BCUT2D eigenvalue weighted by Gasteiger charge is -2.26. The summed E-state index contributed by atoms with van der Waals surface area (Å²) in [6.45, 7) is 2.92. The van der Waals surface area contributed by atoms with Crippen molar-refractivity contribution in [2.75, 3.05) is 13.1 Å². The smallest absolute Gasteiger partial charge is 0.224 e. The SMILES string of the molecule is CCNC(=O)CCNC(=O)C1C2CCC(C2)C1N. The zero-order valence-electron chi connectivity index (χ0n) is 10.9. The minimum Gasteiger partial charge on any atom is -0.356 e. The van der Waals surface area contributed by atoms with Gasteiger partial charge in [0.05, 0.1) is 5.92 Å². The molecule has 4 atom stereocenters. The topological polar surface area (TPSA) is 84.2 Å². The van der Waals surface area contributed by atoms with Crippen LogP contribution in [0.25, 0.3) is 0 Å². The van der Waals surface area contributed by atoms with E-state index in [4.69, 9.17) is 5.73 Å². The Morgan fingerprint density at radius 2 is 1.94 bits per heavy atom. The molecule has 5 heteroatoms. The molecule has 2 saturated carbocycles. The quantitative estimate of drug-likeness (QED) is 0.645. The van der Waals surface area contributed by atoms with Crippen LogP contribution in [0.4, 0.5) is 0 Å². The number of fused-ring (bicyclic) bond motifs is 2. The standard InChI is InChI=1S/C13H23N3O2/c1-2-15-10(17)5-6-16-13(18)11-8-3-4-9(7-8)12(11)14/h8-9,11-12H,2-7,14H2,1H3,(H,15,17)(H,16,18). The maximum Gasteiger partial charge on any atom is 0.224 e. The van der Waals surface area contributed by atoms with Gasteiger partial charge in [-0.3, -0.25) is 9.59 Å². The van der Waals surface area contributed by atoms with Crippen LogP contribution in [0.1, 0.15) is 32.6 Å². The van der Waals surface area contributed by atoms with Crippen LogP contribution in [0.15, 0.2) is 0 Å². The summed E-state index contributed by atoms with van der Waals surface area (Å²) in [5, 5.41) is 5.56. The fraction of sp³-hybridized carbons (Fsp3) is 0.846. The van der Waals surface area contributed by atoms with E-state index in [2.05, 4.69) is 10.6 Å². The van der Waals surface area contributed by atoms with Crippen molar-refractivity contribution >= 4 is 11.8 Å². The maximum absolute atomic E-state index is 12.1. The molecule has 0 aromatic carbocycles. The highest BCUT2D eigenvalue weighted by Crippen LogP contribution is 2.47. The molecule has 2 aliphatic carbocycles. The van der Waals surface area contributed by atoms with Crippen molar-refractivity contribution < 1.29 is 9.59 Å². The Bertz CT molecular complexity index is 330. The molecule has 18 heavy (non-hydrogen) atoms. The molecule has 0 saturated heterocycles. The number of rotatable bonds is 5.